The molecule has 3 rings (SSSR count). The lowest BCUT2D eigenvalue weighted by molar-refractivity contribution is -0.137. The van der Waals surface area contributed by atoms with Crippen LogP contribution in [-0.2, 0) is 17.5 Å². The summed E-state index contributed by atoms with van der Waals surface area (Å²) in [6, 6.07) is 8.79. The van der Waals surface area contributed by atoms with Crippen molar-refractivity contribution in [3.05, 3.63) is 57.6 Å². The Kier molecular flexibility index (Phi) is 5.85. The molecule has 0 spiro atoms. The predicted molar refractivity (Wildman–Crippen MR) is 98.3 cm³/mol. The Morgan fingerprint density at radius 1 is 1.04 bits per heavy atom. The fraction of sp³-hybridized carbons (Fsp3) is 0.333. The number of rotatable bonds is 4. The smallest absolute Gasteiger partial charge is 0.379 e. The first kappa shape index (κ1) is 19.1. The van der Waals surface area contributed by atoms with Crippen LogP contribution in [0.25, 0.3) is 0 Å². The lowest BCUT2D eigenvalue weighted by Crippen LogP contribution is -2.36. The molecule has 0 saturated carbocycles. The molecule has 26 heavy (non-hydrogen) atoms. The maximum atomic E-state index is 13.1. The zero-order valence-corrected chi connectivity index (χ0v) is 15.3. The van der Waals surface area contributed by atoms with Gasteiger partial charge in [0.25, 0.3) is 0 Å². The summed E-state index contributed by atoms with van der Waals surface area (Å²) in [7, 11) is 0. The number of alkyl halides is 3. The van der Waals surface area contributed by atoms with Crippen LogP contribution in [0.15, 0.2) is 36.4 Å². The Balaban J connectivity index is 1.88. The molecule has 0 amide bonds. The van der Waals surface area contributed by atoms with Crippen molar-refractivity contribution in [2.45, 2.75) is 12.7 Å². The van der Waals surface area contributed by atoms with Crippen molar-refractivity contribution >= 4 is 34.6 Å². The number of benzene rings is 2. The van der Waals surface area contributed by atoms with E-state index in [1.807, 2.05) is 4.90 Å². The molecular weight excluding hydrogens is 388 g/mol. The van der Waals surface area contributed by atoms with E-state index in [4.69, 9.17) is 27.9 Å². The van der Waals surface area contributed by atoms with Crippen LogP contribution >= 0.6 is 23.2 Å². The second-order valence-corrected chi connectivity index (χ2v) is 6.76. The van der Waals surface area contributed by atoms with Gasteiger partial charge in [-0.3, -0.25) is 0 Å². The van der Waals surface area contributed by atoms with Crippen molar-refractivity contribution in [1.29, 1.82) is 0 Å². The molecule has 0 aliphatic carbocycles. The summed E-state index contributed by atoms with van der Waals surface area (Å²) in [4.78, 5) is 2.01. The van der Waals surface area contributed by atoms with Crippen LogP contribution in [0.1, 0.15) is 11.1 Å². The SMILES string of the molecule is FC(F)(F)c1ccc(N2CCOCC2)c(NCc2ccc(Cl)cc2Cl)c1. The summed E-state index contributed by atoms with van der Waals surface area (Å²) in [6.45, 7) is 2.63. The van der Waals surface area contributed by atoms with E-state index in [0.717, 1.165) is 17.7 Å². The topological polar surface area (TPSA) is 24.5 Å². The van der Waals surface area contributed by atoms with Crippen LogP contribution in [0.4, 0.5) is 24.5 Å². The van der Waals surface area contributed by atoms with E-state index >= 15 is 0 Å². The molecule has 1 saturated heterocycles. The van der Waals surface area contributed by atoms with Crippen molar-refractivity contribution in [2.75, 3.05) is 36.5 Å². The standard InChI is InChI=1S/C18H17Cl2F3N2O/c19-14-3-1-12(15(20)10-14)11-24-16-9-13(18(21,22)23)2-4-17(16)25-5-7-26-8-6-25/h1-4,9-10,24H,5-8,11H2. The molecule has 0 atom stereocenters. The van der Waals surface area contributed by atoms with Crippen LogP contribution < -0.4 is 10.2 Å². The largest absolute Gasteiger partial charge is 0.416 e. The Morgan fingerprint density at radius 3 is 2.42 bits per heavy atom. The number of morpholine rings is 1. The highest BCUT2D eigenvalue weighted by Gasteiger charge is 2.31. The van der Waals surface area contributed by atoms with E-state index in [2.05, 4.69) is 5.32 Å². The highest BCUT2D eigenvalue weighted by molar-refractivity contribution is 6.35. The molecule has 1 fully saturated rings. The first-order valence-electron chi connectivity index (χ1n) is 8.06. The van der Waals surface area contributed by atoms with Crippen molar-refractivity contribution < 1.29 is 17.9 Å². The number of halogens is 5. The molecule has 8 heteroatoms. The van der Waals surface area contributed by atoms with Gasteiger partial charge in [0.1, 0.15) is 0 Å². The summed E-state index contributed by atoms with van der Waals surface area (Å²) in [6.07, 6.45) is -4.40. The summed E-state index contributed by atoms with van der Waals surface area (Å²) in [5.41, 5.74) is 1.18. The fourth-order valence-electron chi connectivity index (χ4n) is 2.79. The minimum absolute atomic E-state index is 0.286. The lowest BCUT2D eigenvalue weighted by atomic mass is 10.1. The Morgan fingerprint density at radius 2 is 1.77 bits per heavy atom. The number of nitrogens with one attached hydrogen (secondary N) is 1. The molecule has 0 radical (unpaired) electrons. The van der Waals surface area contributed by atoms with Gasteiger partial charge in [0, 0.05) is 29.7 Å². The number of nitrogens with zero attached hydrogens (tertiary/aromatic N) is 1. The van der Waals surface area contributed by atoms with Crippen LogP contribution in [0.2, 0.25) is 10.0 Å². The maximum Gasteiger partial charge on any atom is 0.416 e. The van der Waals surface area contributed by atoms with Crippen molar-refractivity contribution in [3.8, 4) is 0 Å². The van der Waals surface area contributed by atoms with E-state index in [-0.39, 0.29) is 6.54 Å². The van der Waals surface area contributed by atoms with Gasteiger partial charge in [-0.05, 0) is 35.9 Å². The molecule has 140 valence electrons. The molecular formula is C18H17Cl2F3N2O. The van der Waals surface area contributed by atoms with Gasteiger partial charge >= 0.3 is 6.18 Å². The van der Waals surface area contributed by atoms with Crippen LogP contribution in [-0.4, -0.2) is 26.3 Å². The zero-order valence-electron chi connectivity index (χ0n) is 13.7. The lowest BCUT2D eigenvalue weighted by Gasteiger charge is -2.31. The predicted octanol–water partition coefficient (Wildman–Crippen LogP) is 5.46. The van der Waals surface area contributed by atoms with Crippen LogP contribution in [0.3, 0.4) is 0 Å². The van der Waals surface area contributed by atoms with Gasteiger partial charge in [0.2, 0.25) is 0 Å². The Labute approximate surface area is 159 Å². The monoisotopic (exact) mass is 404 g/mol. The number of hydrogen-bond acceptors (Lipinski definition) is 3. The third kappa shape index (κ3) is 4.55. The average Bonchev–Trinajstić information content (AvgIpc) is 2.61. The van der Waals surface area contributed by atoms with E-state index in [1.165, 1.54) is 6.07 Å². The van der Waals surface area contributed by atoms with E-state index in [1.54, 1.807) is 18.2 Å². The molecule has 2 aromatic carbocycles. The fourth-order valence-corrected chi connectivity index (χ4v) is 3.26. The summed E-state index contributed by atoms with van der Waals surface area (Å²) in [5.74, 6) is 0. The molecule has 1 N–H and O–H groups in total. The van der Waals surface area contributed by atoms with E-state index < -0.39 is 11.7 Å². The molecule has 1 heterocycles. The van der Waals surface area contributed by atoms with Gasteiger partial charge in [-0.2, -0.15) is 13.2 Å². The van der Waals surface area contributed by atoms with Crippen LogP contribution in [0.5, 0.6) is 0 Å². The van der Waals surface area contributed by atoms with Gasteiger partial charge in [0.05, 0.1) is 30.2 Å². The quantitative estimate of drug-likeness (QED) is 0.731. The number of ether oxygens (including phenoxy) is 1. The number of hydrogen-bond donors (Lipinski definition) is 1. The first-order chi connectivity index (χ1) is 12.3. The molecule has 3 nitrogen and oxygen atoms in total. The highest BCUT2D eigenvalue weighted by atomic mass is 35.5. The molecule has 2 aromatic rings. The summed E-state index contributed by atoms with van der Waals surface area (Å²) >= 11 is 12.0. The summed E-state index contributed by atoms with van der Waals surface area (Å²) < 4.78 is 44.7. The van der Waals surface area contributed by atoms with Crippen molar-refractivity contribution in [1.82, 2.24) is 0 Å². The third-order valence-electron chi connectivity index (χ3n) is 4.16. The minimum Gasteiger partial charge on any atom is -0.379 e. The Bertz CT molecular complexity index is 778. The molecule has 0 aromatic heterocycles. The number of anilines is 2. The normalized spacial score (nSPS) is 15.2. The van der Waals surface area contributed by atoms with E-state index in [9.17, 15) is 13.2 Å². The minimum atomic E-state index is -4.40. The summed E-state index contributed by atoms with van der Waals surface area (Å²) in [5, 5.41) is 4.06. The third-order valence-corrected chi connectivity index (χ3v) is 4.75. The maximum absolute atomic E-state index is 13.1. The second kappa shape index (κ2) is 7.94. The zero-order chi connectivity index (χ0) is 18.7. The van der Waals surface area contributed by atoms with Crippen molar-refractivity contribution in [3.63, 3.8) is 0 Å². The van der Waals surface area contributed by atoms with Crippen LogP contribution in [0, 0.1) is 0 Å². The Hall–Kier alpha value is -1.63. The first-order valence-corrected chi connectivity index (χ1v) is 8.82. The molecule has 0 unspecified atom stereocenters. The van der Waals surface area contributed by atoms with E-state index in [0.29, 0.717) is 47.7 Å². The molecule has 1 aliphatic heterocycles. The molecule has 0 bridgehead atoms. The van der Waals surface area contributed by atoms with Gasteiger partial charge in [0.15, 0.2) is 0 Å². The van der Waals surface area contributed by atoms with Gasteiger partial charge in [-0.1, -0.05) is 29.3 Å². The second-order valence-electron chi connectivity index (χ2n) is 5.92. The van der Waals surface area contributed by atoms with Crippen molar-refractivity contribution in [2.24, 2.45) is 0 Å². The van der Waals surface area contributed by atoms with Gasteiger partial charge in [-0.25, -0.2) is 0 Å². The van der Waals surface area contributed by atoms with Gasteiger partial charge < -0.3 is 15.0 Å². The molecule has 1 aliphatic rings. The highest BCUT2D eigenvalue weighted by Crippen LogP contribution is 2.36. The van der Waals surface area contributed by atoms with Gasteiger partial charge in [-0.15, -0.1) is 0 Å². The average molecular weight is 405 g/mol.